The molecule has 1 saturated heterocycles. The third kappa shape index (κ3) is 1.22. The van der Waals surface area contributed by atoms with Crippen molar-refractivity contribution in [1.29, 1.82) is 0 Å². The van der Waals surface area contributed by atoms with Crippen LogP contribution in [-0.2, 0) is 6.42 Å². The van der Waals surface area contributed by atoms with Crippen molar-refractivity contribution in [3.8, 4) is 0 Å². The Morgan fingerprint density at radius 3 is 3.23 bits per heavy atom. The molecule has 13 heavy (non-hydrogen) atoms. The molecule has 3 rings (SSSR count). The van der Waals surface area contributed by atoms with Gasteiger partial charge in [0, 0.05) is 6.42 Å². The predicted molar refractivity (Wildman–Crippen MR) is 48.7 cm³/mol. The zero-order chi connectivity index (χ0) is 8.67. The van der Waals surface area contributed by atoms with E-state index in [1.807, 2.05) is 0 Å². The van der Waals surface area contributed by atoms with Crippen molar-refractivity contribution in [2.45, 2.75) is 6.42 Å². The summed E-state index contributed by atoms with van der Waals surface area (Å²) in [7, 11) is 0. The molecule has 0 aliphatic carbocycles. The molecule has 0 bridgehead atoms. The first-order valence-corrected chi connectivity index (χ1v) is 5.10. The second-order valence-electron chi connectivity index (χ2n) is 3.28. The summed E-state index contributed by atoms with van der Waals surface area (Å²) in [5, 5.41) is 16.5. The fourth-order valence-electron chi connectivity index (χ4n) is 1.42. The maximum Gasteiger partial charge on any atom is 0.234 e. The number of fused-ring (bicyclic) bond motifs is 1. The summed E-state index contributed by atoms with van der Waals surface area (Å²) >= 11 is 1.63. The molecular formula is C7H9N5S. The van der Waals surface area contributed by atoms with Crippen LogP contribution in [0.15, 0.2) is 6.33 Å². The average Bonchev–Trinajstić information content (AvgIpc) is 2.54. The van der Waals surface area contributed by atoms with Crippen molar-refractivity contribution < 1.29 is 0 Å². The van der Waals surface area contributed by atoms with Crippen LogP contribution in [0.5, 0.6) is 0 Å². The van der Waals surface area contributed by atoms with Crippen molar-refractivity contribution in [3.63, 3.8) is 0 Å². The Bertz CT molecular complexity index is 387. The van der Waals surface area contributed by atoms with Crippen LogP contribution >= 0.6 is 11.3 Å². The van der Waals surface area contributed by atoms with Crippen molar-refractivity contribution >= 4 is 16.3 Å². The highest BCUT2D eigenvalue weighted by Crippen LogP contribution is 2.17. The minimum Gasteiger partial charge on any atom is -0.316 e. The molecule has 6 heteroatoms. The number of nitrogens with zero attached hydrogens (tertiary/aromatic N) is 4. The van der Waals surface area contributed by atoms with E-state index in [0.717, 1.165) is 35.4 Å². The number of hydrogen-bond donors (Lipinski definition) is 1. The largest absolute Gasteiger partial charge is 0.316 e. The molecule has 2 aromatic rings. The lowest BCUT2D eigenvalue weighted by atomic mass is 10.0. The zero-order valence-corrected chi connectivity index (χ0v) is 7.79. The van der Waals surface area contributed by atoms with Gasteiger partial charge in [-0.3, -0.25) is 0 Å². The fourth-order valence-corrected chi connectivity index (χ4v) is 2.35. The molecule has 3 heterocycles. The van der Waals surface area contributed by atoms with Crippen LogP contribution in [0.25, 0.3) is 4.96 Å². The molecule has 1 aliphatic heterocycles. The van der Waals surface area contributed by atoms with E-state index in [1.165, 1.54) is 0 Å². The maximum atomic E-state index is 4.38. The minimum absolute atomic E-state index is 0.767. The molecule has 1 fully saturated rings. The highest BCUT2D eigenvalue weighted by molar-refractivity contribution is 7.16. The number of aromatic nitrogens is 4. The molecule has 0 amide bonds. The average molecular weight is 195 g/mol. The van der Waals surface area contributed by atoms with E-state index in [1.54, 1.807) is 22.2 Å². The third-order valence-electron chi connectivity index (χ3n) is 2.26. The Morgan fingerprint density at radius 1 is 1.62 bits per heavy atom. The van der Waals surface area contributed by atoms with Gasteiger partial charge in [0.1, 0.15) is 11.3 Å². The maximum absolute atomic E-state index is 4.38. The van der Waals surface area contributed by atoms with Gasteiger partial charge in [-0.2, -0.15) is 9.61 Å². The van der Waals surface area contributed by atoms with Crippen LogP contribution in [0.4, 0.5) is 0 Å². The lowest BCUT2D eigenvalue weighted by Crippen LogP contribution is -2.43. The lowest BCUT2D eigenvalue weighted by molar-refractivity contribution is 0.345. The lowest BCUT2D eigenvalue weighted by Gasteiger charge is -2.25. The van der Waals surface area contributed by atoms with Gasteiger partial charge in [-0.1, -0.05) is 11.3 Å². The molecule has 68 valence electrons. The highest BCUT2D eigenvalue weighted by atomic mass is 32.1. The normalized spacial score (nSPS) is 17.8. The molecule has 0 radical (unpaired) electrons. The Balaban J connectivity index is 1.85. The van der Waals surface area contributed by atoms with Crippen molar-refractivity contribution in [3.05, 3.63) is 11.3 Å². The Morgan fingerprint density at radius 2 is 2.54 bits per heavy atom. The SMILES string of the molecule is c1nnc2sc(CC3CNC3)nn12. The molecule has 1 N–H and O–H groups in total. The van der Waals surface area contributed by atoms with Gasteiger partial charge in [0.2, 0.25) is 4.96 Å². The van der Waals surface area contributed by atoms with E-state index in [0.29, 0.717) is 0 Å². The van der Waals surface area contributed by atoms with Gasteiger partial charge in [-0.25, -0.2) is 0 Å². The quantitative estimate of drug-likeness (QED) is 0.730. The van der Waals surface area contributed by atoms with Crippen LogP contribution in [0.2, 0.25) is 0 Å². The molecule has 2 aromatic heterocycles. The fraction of sp³-hybridized carbons (Fsp3) is 0.571. The van der Waals surface area contributed by atoms with Gasteiger partial charge >= 0.3 is 0 Å². The Kier molecular flexibility index (Phi) is 1.56. The first kappa shape index (κ1) is 7.40. The summed E-state index contributed by atoms with van der Waals surface area (Å²) < 4.78 is 1.74. The van der Waals surface area contributed by atoms with Gasteiger partial charge in [-0.05, 0) is 19.0 Å². The smallest absolute Gasteiger partial charge is 0.234 e. The highest BCUT2D eigenvalue weighted by Gasteiger charge is 2.19. The molecule has 1 aliphatic rings. The molecular weight excluding hydrogens is 186 g/mol. The van der Waals surface area contributed by atoms with Crippen LogP contribution in [0, 0.1) is 5.92 Å². The van der Waals surface area contributed by atoms with E-state index in [4.69, 9.17) is 0 Å². The molecule has 0 saturated carbocycles. The van der Waals surface area contributed by atoms with Crippen LogP contribution in [-0.4, -0.2) is 32.9 Å². The van der Waals surface area contributed by atoms with Crippen LogP contribution in [0.3, 0.4) is 0 Å². The molecule has 0 unspecified atom stereocenters. The first-order chi connectivity index (χ1) is 6.42. The minimum atomic E-state index is 0.767. The van der Waals surface area contributed by atoms with Gasteiger partial charge in [-0.15, -0.1) is 10.2 Å². The van der Waals surface area contributed by atoms with Crippen LogP contribution < -0.4 is 5.32 Å². The summed E-state index contributed by atoms with van der Waals surface area (Å²) in [5.41, 5.74) is 0. The van der Waals surface area contributed by atoms with E-state index < -0.39 is 0 Å². The number of rotatable bonds is 2. The second kappa shape index (κ2) is 2.74. The van der Waals surface area contributed by atoms with Gasteiger partial charge in [0.15, 0.2) is 0 Å². The summed E-state index contributed by atoms with van der Waals surface area (Å²) in [4.78, 5) is 0.891. The summed E-state index contributed by atoms with van der Waals surface area (Å²) in [6.45, 7) is 2.25. The predicted octanol–water partition coefficient (Wildman–Crippen LogP) is -0.0523. The topological polar surface area (TPSA) is 55.1 Å². The summed E-state index contributed by atoms with van der Waals surface area (Å²) in [6.07, 6.45) is 2.72. The van der Waals surface area contributed by atoms with Crippen molar-refractivity contribution in [1.82, 2.24) is 25.1 Å². The standard InChI is InChI=1S/C7H9N5S/c1(5-2-8-3-5)6-11-12-4-9-10-7(12)13-6/h4-5,8H,1-3H2. The van der Waals surface area contributed by atoms with E-state index in [-0.39, 0.29) is 0 Å². The molecule has 5 nitrogen and oxygen atoms in total. The molecule has 0 spiro atoms. The summed E-state index contributed by atoms with van der Waals surface area (Å²) in [5.74, 6) is 0.767. The zero-order valence-electron chi connectivity index (χ0n) is 6.97. The molecule has 0 aromatic carbocycles. The van der Waals surface area contributed by atoms with Gasteiger partial charge in [0.05, 0.1) is 0 Å². The van der Waals surface area contributed by atoms with E-state index in [9.17, 15) is 0 Å². The van der Waals surface area contributed by atoms with Crippen molar-refractivity contribution in [2.24, 2.45) is 5.92 Å². The van der Waals surface area contributed by atoms with Crippen LogP contribution in [0.1, 0.15) is 5.01 Å². The number of hydrogen-bond acceptors (Lipinski definition) is 5. The first-order valence-electron chi connectivity index (χ1n) is 4.28. The second-order valence-corrected chi connectivity index (χ2v) is 4.32. The third-order valence-corrected chi connectivity index (χ3v) is 3.19. The van der Waals surface area contributed by atoms with E-state index >= 15 is 0 Å². The molecule has 0 atom stereocenters. The van der Waals surface area contributed by atoms with Gasteiger partial charge < -0.3 is 5.32 Å². The Labute approximate surface area is 78.8 Å². The monoisotopic (exact) mass is 195 g/mol. The van der Waals surface area contributed by atoms with Gasteiger partial charge in [0.25, 0.3) is 0 Å². The summed E-state index contributed by atoms with van der Waals surface area (Å²) in [6, 6.07) is 0. The number of nitrogens with one attached hydrogen (secondary N) is 1. The van der Waals surface area contributed by atoms with Crippen molar-refractivity contribution in [2.75, 3.05) is 13.1 Å². The Hall–Kier alpha value is -1.01. The van der Waals surface area contributed by atoms with E-state index in [2.05, 4.69) is 20.6 Å².